The molecule has 1 aromatic heterocycles. The average Bonchev–Trinajstić information content (AvgIpc) is 3.01. The number of aromatic hydroxyl groups is 1. The van der Waals surface area contributed by atoms with E-state index in [9.17, 15) is 20.0 Å². The number of carbonyl (C=O) groups excluding carboxylic acids is 1. The number of thioether (sulfide) groups is 1. The molecule has 1 fully saturated rings. The number of thiocarbonyl (C=S) groups is 1. The molecule has 1 aliphatic heterocycles. The third-order valence-electron chi connectivity index (χ3n) is 3.70. The van der Waals surface area contributed by atoms with Gasteiger partial charge in [0.25, 0.3) is 5.91 Å². The first kappa shape index (κ1) is 17.2. The summed E-state index contributed by atoms with van der Waals surface area (Å²) < 4.78 is 2.12. The Balaban J connectivity index is 1.99. The fourth-order valence-electron chi connectivity index (χ4n) is 2.54. The summed E-state index contributed by atoms with van der Waals surface area (Å²) in [5.74, 6) is -0.721. The molecule has 1 N–H and O–H groups in total. The molecule has 0 bridgehead atoms. The van der Waals surface area contributed by atoms with E-state index < -0.39 is 16.4 Å². The van der Waals surface area contributed by atoms with Gasteiger partial charge in [0, 0.05) is 17.5 Å². The number of aryl methyl sites for hydroxylation is 2. The fraction of sp³-hybridized carbons (Fsp3) is 0.125. The van der Waals surface area contributed by atoms with Crippen LogP contribution in [0.2, 0.25) is 0 Å². The van der Waals surface area contributed by atoms with Gasteiger partial charge in [0.05, 0.1) is 9.83 Å². The molecular formula is C16H13N3O4S2. The quantitative estimate of drug-likeness (QED) is 0.383. The van der Waals surface area contributed by atoms with Gasteiger partial charge >= 0.3 is 5.69 Å². The lowest BCUT2D eigenvalue weighted by Gasteiger charge is -2.20. The second-order valence-corrected chi connectivity index (χ2v) is 7.10. The highest BCUT2D eigenvalue weighted by Crippen LogP contribution is 2.34. The van der Waals surface area contributed by atoms with Crippen molar-refractivity contribution < 1.29 is 14.8 Å². The van der Waals surface area contributed by atoms with Crippen molar-refractivity contribution in [3.8, 4) is 5.75 Å². The molecule has 2 aromatic rings. The van der Waals surface area contributed by atoms with Crippen molar-refractivity contribution in [2.45, 2.75) is 13.8 Å². The van der Waals surface area contributed by atoms with Crippen LogP contribution in [0.4, 0.5) is 5.69 Å². The maximum Gasteiger partial charge on any atom is 0.311 e. The Labute approximate surface area is 152 Å². The van der Waals surface area contributed by atoms with E-state index in [1.54, 1.807) is 4.68 Å². The highest BCUT2D eigenvalue weighted by atomic mass is 32.2. The van der Waals surface area contributed by atoms with Gasteiger partial charge < -0.3 is 5.11 Å². The van der Waals surface area contributed by atoms with Crippen molar-refractivity contribution in [2.24, 2.45) is 0 Å². The Morgan fingerprint density at radius 1 is 1.24 bits per heavy atom. The van der Waals surface area contributed by atoms with Crippen LogP contribution in [0.25, 0.3) is 6.08 Å². The number of aromatic nitrogens is 1. The van der Waals surface area contributed by atoms with Crippen LogP contribution in [0.3, 0.4) is 0 Å². The number of rotatable bonds is 3. The van der Waals surface area contributed by atoms with Gasteiger partial charge in [0.15, 0.2) is 10.1 Å². The van der Waals surface area contributed by atoms with Crippen LogP contribution in [-0.4, -0.2) is 24.9 Å². The molecule has 1 saturated heterocycles. The summed E-state index contributed by atoms with van der Waals surface area (Å²) in [6, 6.07) is 7.72. The van der Waals surface area contributed by atoms with Crippen molar-refractivity contribution >= 4 is 46.0 Å². The number of hydrogen-bond acceptors (Lipinski definition) is 6. The molecule has 1 aromatic carbocycles. The van der Waals surface area contributed by atoms with Crippen molar-refractivity contribution in [2.75, 3.05) is 5.01 Å². The Hall–Kier alpha value is -2.65. The molecule has 0 radical (unpaired) electrons. The van der Waals surface area contributed by atoms with Crippen molar-refractivity contribution in [3.05, 3.63) is 62.3 Å². The number of hydrogen-bond donors (Lipinski definition) is 1. The smallest absolute Gasteiger partial charge is 0.311 e. The third-order valence-corrected chi connectivity index (χ3v) is 4.98. The first-order chi connectivity index (χ1) is 11.8. The van der Waals surface area contributed by atoms with Crippen molar-refractivity contribution in [1.82, 2.24) is 4.68 Å². The average molecular weight is 375 g/mol. The number of nitrogens with zero attached hydrogens (tertiary/aromatic N) is 3. The predicted octanol–water partition coefficient (Wildman–Crippen LogP) is 3.26. The minimum atomic E-state index is -0.676. The van der Waals surface area contributed by atoms with Crippen LogP contribution in [0.1, 0.15) is 17.0 Å². The van der Waals surface area contributed by atoms with Crippen LogP contribution in [-0.2, 0) is 4.79 Å². The molecule has 0 atom stereocenters. The minimum Gasteiger partial charge on any atom is -0.502 e. The molecule has 0 aliphatic carbocycles. The highest BCUT2D eigenvalue weighted by Gasteiger charge is 2.34. The number of benzene rings is 1. The first-order valence-corrected chi connectivity index (χ1v) is 8.42. The van der Waals surface area contributed by atoms with E-state index in [2.05, 4.69) is 0 Å². The molecule has 128 valence electrons. The molecule has 3 rings (SSSR count). The molecule has 9 heteroatoms. The molecule has 7 nitrogen and oxygen atoms in total. The van der Waals surface area contributed by atoms with E-state index in [0.29, 0.717) is 14.8 Å². The maximum absolute atomic E-state index is 12.8. The number of nitro benzene ring substituents is 1. The SMILES string of the molecule is Cc1ccc(C)n1N1C(=O)/C(=C\c2ccc(O)c([N+](=O)[O-])c2)SC1=S. The van der Waals surface area contributed by atoms with Crippen LogP contribution in [0, 0.1) is 24.0 Å². The van der Waals surface area contributed by atoms with Crippen LogP contribution in [0.15, 0.2) is 35.2 Å². The largest absolute Gasteiger partial charge is 0.502 e. The lowest BCUT2D eigenvalue weighted by molar-refractivity contribution is -0.385. The van der Waals surface area contributed by atoms with Crippen molar-refractivity contribution in [1.29, 1.82) is 0 Å². The van der Waals surface area contributed by atoms with Gasteiger partial charge in [0.1, 0.15) is 0 Å². The topological polar surface area (TPSA) is 88.6 Å². The van der Waals surface area contributed by atoms with Crippen LogP contribution < -0.4 is 5.01 Å². The molecule has 0 spiro atoms. The van der Waals surface area contributed by atoms with Crippen LogP contribution in [0.5, 0.6) is 5.75 Å². The number of phenolic OH excluding ortho intramolecular Hbond substituents is 1. The normalized spacial score (nSPS) is 16.1. The summed E-state index contributed by atoms with van der Waals surface area (Å²) in [4.78, 5) is 23.4. The molecule has 25 heavy (non-hydrogen) atoms. The second-order valence-electron chi connectivity index (χ2n) is 5.43. The van der Waals surface area contributed by atoms with Crippen LogP contribution >= 0.6 is 24.0 Å². The summed E-state index contributed by atoms with van der Waals surface area (Å²) in [5, 5.41) is 21.9. The van der Waals surface area contributed by atoms with E-state index in [4.69, 9.17) is 12.2 Å². The van der Waals surface area contributed by atoms with E-state index in [1.807, 2.05) is 26.0 Å². The zero-order valence-electron chi connectivity index (χ0n) is 13.3. The lowest BCUT2D eigenvalue weighted by Crippen LogP contribution is -2.39. The van der Waals surface area contributed by atoms with E-state index >= 15 is 0 Å². The number of nitro groups is 1. The number of amides is 1. The Morgan fingerprint density at radius 3 is 2.48 bits per heavy atom. The van der Waals surface area contributed by atoms with Gasteiger partial charge in [-0.15, -0.1) is 0 Å². The van der Waals surface area contributed by atoms with Gasteiger partial charge in [0.2, 0.25) is 0 Å². The highest BCUT2D eigenvalue weighted by molar-refractivity contribution is 8.27. The summed E-state index contributed by atoms with van der Waals surface area (Å²) in [7, 11) is 0. The molecule has 2 heterocycles. The van der Waals surface area contributed by atoms with Gasteiger partial charge in [-0.1, -0.05) is 17.8 Å². The van der Waals surface area contributed by atoms with Gasteiger partial charge in [-0.2, -0.15) is 5.01 Å². The Morgan fingerprint density at radius 2 is 1.88 bits per heavy atom. The fourth-order valence-corrected chi connectivity index (χ4v) is 3.78. The van der Waals surface area contributed by atoms with E-state index in [1.165, 1.54) is 29.3 Å². The predicted molar refractivity (Wildman–Crippen MR) is 100 cm³/mol. The standard InChI is InChI=1S/C16H13N3O4S2/c1-9-3-4-10(2)17(9)18-15(21)14(25-16(18)24)8-11-5-6-13(20)12(7-11)19(22)23/h3-8,20H,1-2H3/b14-8+. The van der Waals surface area contributed by atoms with Crippen molar-refractivity contribution in [3.63, 3.8) is 0 Å². The molecular weight excluding hydrogens is 362 g/mol. The third kappa shape index (κ3) is 3.03. The molecule has 1 aliphatic rings. The van der Waals surface area contributed by atoms with Gasteiger partial charge in [-0.3, -0.25) is 19.6 Å². The zero-order chi connectivity index (χ0) is 18.3. The lowest BCUT2D eigenvalue weighted by atomic mass is 10.1. The number of carbonyl (C=O) groups is 1. The summed E-state index contributed by atoms with van der Waals surface area (Å²) in [6.45, 7) is 3.75. The second kappa shape index (κ2) is 6.34. The van der Waals surface area contributed by atoms with Gasteiger partial charge in [-0.25, -0.2) is 0 Å². The molecule has 1 amide bonds. The van der Waals surface area contributed by atoms with Gasteiger partial charge in [-0.05, 0) is 55.9 Å². The monoisotopic (exact) mass is 375 g/mol. The van der Waals surface area contributed by atoms with E-state index in [-0.39, 0.29) is 5.91 Å². The first-order valence-electron chi connectivity index (χ1n) is 7.20. The minimum absolute atomic E-state index is 0.298. The summed E-state index contributed by atoms with van der Waals surface area (Å²) in [5.41, 5.74) is 1.76. The summed E-state index contributed by atoms with van der Waals surface area (Å²) >= 11 is 6.45. The van der Waals surface area contributed by atoms with E-state index in [0.717, 1.165) is 23.1 Å². The Bertz CT molecular complexity index is 929. The molecule has 0 saturated carbocycles. The number of phenols is 1. The zero-order valence-corrected chi connectivity index (χ0v) is 14.9. The maximum atomic E-state index is 12.8. The Kier molecular flexibility index (Phi) is 4.36. The molecule has 0 unspecified atom stereocenters. The summed E-state index contributed by atoms with van der Waals surface area (Å²) in [6.07, 6.45) is 1.53.